The molecule has 0 aromatic carbocycles. The van der Waals surface area contributed by atoms with Gasteiger partial charge in [0.2, 0.25) is 5.91 Å². The van der Waals surface area contributed by atoms with E-state index in [9.17, 15) is 4.79 Å². The van der Waals surface area contributed by atoms with Crippen LogP contribution < -0.4 is 16.4 Å². The zero-order valence-corrected chi connectivity index (χ0v) is 8.39. The van der Waals surface area contributed by atoms with Crippen LogP contribution in [0.5, 0.6) is 0 Å². The van der Waals surface area contributed by atoms with Crippen LogP contribution in [0.15, 0.2) is 12.4 Å². The number of nitrogens with one attached hydrogen (secondary N) is 2. The third-order valence-electron chi connectivity index (χ3n) is 1.86. The average Bonchev–Trinajstić information content (AvgIpc) is 2.10. The van der Waals surface area contributed by atoms with E-state index in [1.165, 1.54) is 0 Å². The number of nitrogens with two attached hydrogens (primary N) is 1. The lowest BCUT2D eigenvalue weighted by molar-refractivity contribution is -0.124. The molecule has 76 valence electrons. The maximum Gasteiger partial charge on any atom is 0.222 e. The Morgan fingerprint density at radius 1 is 1.62 bits per heavy atom. The van der Waals surface area contributed by atoms with Gasteiger partial charge in [0.1, 0.15) is 0 Å². The van der Waals surface area contributed by atoms with Gasteiger partial charge in [0.05, 0.1) is 5.82 Å². The maximum atomic E-state index is 11.1. The third kappa shape index (κ3) is 6.02. The summed E-state index contributed by atoms with van der Waals surface area (Å²) >= 11 is 0. The second-order valence-electron chi connectivity index (χ2n) is 3.11. The van der Waals surface area contributed by atoms with Crippen molar-refractivity contribution in [2.75, 3.05) is 13.6 Å². The van der Waals surface area contributed by atoms with E-state index in [1.807, 2.05) is 6.92 Å². The van der Waals surface area contributed by atoms with Gasteiger partial charge >= 0.3 is 0 Å². The molecule has 0 rings (SSSR count). The van der Waals surface area contributed by atoms with Crippen molar-refractivity contribution in [1.29, 1.82) is 0 Å². The van der Waals surface area contributed by atoms with E-state index in [1.54, 1.807) is 7.05 Å². The summed E-state index contributed by atoms with van der Waals surface area (Å²) in [7, 11) is 1.65. The fourth-order valence-electron chi connectivity index (χ4n) is 1.03. The Hall–Kier alpha value is -1.19. The number of carbonyl (C=O) groups is 1. The first-order chi connectivity index (χ1) is 6.07. The Labute approximate surface area is 79.6 Å². The van der Waals surface area contributed by atoms with Crippen LogP contribution in [0.25, 0.3) is 0 Å². The number of amides is 1. The van der Waals surface area contributed by atoms with Gasteiger partial charge in [-0.15, -0.1) is 0 Å². The van der Waals surface area contributed by atoms with Gasteiger partial charge in [0.15, 0.2) is 0 Å². The molecule has 0 aliphatic rings. The Balaban J connectivity index is 3.42. The highest BCUT2D eigenvalue weighted by Crippen LogP contribution is 2.04. The molecule has 1 amide bonds. The van der Waals surface area contributed by atoms with Gasteiger partial charge in [0.25, 0.3) is 0 Å². The Bertz CT molecular complexity index is 180. The van der Waals surface area contributed by atoms with E-state index in [2.05, 4.69) is 17.2 Å². The number of carbonyl (C=O) groups excluding carboxylic acids is 1. The molecule has 0 aliphatic heterocycles. The summed E-state index contributed by atoms with van der Waals surface area (Å²) in [5, 5.41) is 5.52. The molecule has 0 saturated heterocycles. The second-order valence-corrected chi connectivity index (χ2v) is 3.11. The van der Waals surface area contributed by atoms with Crippen LogP contribution in [-0.4, -0.2) is 19.5 Å². The van der Waals surface area contributed by atoms with Crippen LogP contribution in [0, 0.1) is 5.92 Å². The summed E-state index contributed by atoms with van der Waals surface area (Å²) in [5.41, 5.74) is 5.31. The molecule has 0 saturated carbocycles. The van der Waals surface area contributed by atoms with Crippen molar-refractivity contribution in [3.63, 3.8) is 0 Å². The highest BCUT2D eigenvalue weighted by Gasteiger charge is 2.09. The van der Waals surface area contributed by atoms with Gasteiger partial charge in [-0.1, -0.05) is 13.5 Å². The highest BCUT2D eigenvalue weighted by molar-refractivity contribution is 5.77. The molecule has 4 heteroatoms. The molecule has 4 nitrogen and oxygen atoms in total. The molecule has 0 fully saturated rings. The third-order valence-corrected chi connectivity index (χ3v) is 1.86. The first-order valence-electron chi connectivity index (χ1n) is 4.47. The standard InChI is InChI=1S/C9H19N3O/c1-7(9(13)11-3)5-4-6-12-8(2)10/h7,12H,2,4-6,10H2,1,3H3,(H,11,13). The van der Waals surface area contributed by atoms with Gasteiger partial charge in [0, 0.05) is 19.5 Å². The lowest BCUT2D eigenvalue weighted by Crippen LogP contribution is -2.26. The zero-order valence-electron chi connectivity index (χ0n) is 8.39. The molecule has 1 atom stereocenters. The fraction of sp³-hybridized carbons (Fsp3) is 0.667. The maximum absolute atomic E-state index is 11.1. The smallest absolute Gasteiger partial charge is 0.222 e. The Morgan fingerprint density at radius 2 is 2.23 bits per heavy atom. The van der Waals surface area contributed by atoms with Gasteiger partial charge < -0.3 is 16.4 Å². The molecule has 0 aliphatic carbocycles. The first-order valence-corrected chi connectivity index (χ1v) is 4.47. The quantitative estimate of drug-likeness (QED) is 0.517. The summed E-state index contributed by atoms with van der Waals surface area (Å²) in [6, 6.07) is 0. The minimum absolute atomic E-state index is 0.0674. The van der Waals surface area contributed by atoms with Crippen LogP contribution in [0.1, 0.15) is 19.8 Å². The van der Waals surface area contributed by atoms with Gasteiger partial charge in [-0.2, -0.15) is 0 Å². The van der Waals surface area contributed by atoms with Crippen molar-refractivity contribution in [1.82, 2.24) is 10.6 Å². The predicted molar refractivity (Wildman–Crippen MR) is 53.8 cm³/mol. The van der Waals surface area contributed by atoms with Crippen molar-refractivity contribution in [3.05, 3.63) is 12.4 Å². The van der Waals surface area contributed by atoms with E-state index < -0.39 is 0 Å². The lowest BCUT2D eigenvalue weighted by Gasteiger charge is -2.10. The van der Waals surface area contributed by atoms with Crippen molar-refractivity contribution in [2.24, 2.45) is 11.7 Å². The van der Waals surface area contributed by atoms with E-state index in [0.29, 0.717) is 5.82 Å². The Kier molecular flexibility index (Phi) is 5.76. The van der Waals surface area contributed by atoms with Crippen LogP contribution in [-0.2, 0) is 4.79 Å². The minimum Gasteiger partial charge on any atom is -0.386 e. The largest absolute Gasteiger partial charge is 0.386 e. The van der Waals surface area contributed by atoms with Crippen molar-refractivity contribution in [3.8, 4) is 0 Å². The summed E-state index contributed by atoms with van der Waals surface area (Å²) < 4.78 is 0. The van der Waals surface area contributed by atoms with E-state index >= 15 is 0 Å². The van der Waals surface area contributed by atoms with Crippen molar-refractivity contribution in [2.45, 2.75) is 19.8 Å². The zero-order chi connectivity index (χ0) is 10.3. The molecule has 0 aromatic heterocycles. The topological polar surface area (TPSA) is 67.1 Å². The molecule has 0 radical (unpaired) electrons. The van der Waals surface area contributed by atoms with E-state index in [0.717, 1.165) is 19.4 Å². The summed E-state index contributed by atoms with van der Waals surface area (Å²) in [5.74, 6) is 0.636. The monoisotopic (exact) mass is 185 g/mol. The van der Waals surface area contributed by atoms with Gasteiger partial charge in [-0.05, 0) is 12.8 Å². The lowest BCUT2D eigenvalue weighted by atomic mass is 10.1. The molecular formula is C9H19N3O. The predicted octanol–water partition coefficient (Wildman–Crippen LogP) is 0.168. The number of rotatable bonds is 6. The molecule has 4 N–H and O–H groups in total. The van der Waals surface area contributed by atoms with E-state index in [4.69, 9.17) is 5.73 Å². The normalized spacial score (nSPS) is 11.8. The van der Waals surface area contributed by atoms with Crippen LogP contribution >= 0.6 is 0 Å². The van der Waals surface area contributed by atoms with Gasteiger partial charge in [-0.25, -0.2) is 0 Å². The fourth-order valence-corrected chi connectivity index (χ4v) is 1.03. The summed E-state index contributed by atoms with van der Waals surface area (Å²) in [6.45, 7) is 6.20. The SMILES string of the molecule is C=C(N)NCCCC(C)C(=O)NC. The van der Waals surface area contributed by atoms with Crippen molar-refractivity contribution < 1.29 is 4.79 Å². The second kappa shape index (κ2) is 6.34. The van der Waals surface area contributed by atoms with Crippen LogP contribution in [0.2, 0.25) is 0 Å². The Morgan fingerprint density at radius 3 is 2.69 bits per heavy atom. The van der Waals surface area contributed by atoms with Crippen LogP contribution in [0.3, 0.4) is 0 Å². The van der Waals surface area contributed by atoms with E-state index in [-0.39, 0.29) is 11.8 Å². The van der Waals surface area contributed by atoms with Gasteiger partial charge in [-0.3, -0.25) is 4.79 Å². The average molecular weight is 185 g/mol. The molecule has 0 bridgehead atoms. The summed E-state index contributed by atoms with van der Waals surface area (Å²) in [4.78, 5) is 11.1. The van der Waals surface area contributed by atoms with Crippen molar-refractivity contribution >= 4 is 5.91 Å². The molecule has 0 heterocycles. The molecule has 13 heavy (non-hydrogen) atoms. The van der Waals surface area contributed by atoms with Crippen LogP contribution in [0.4, 0.5) is 0 Å². The molecular weight excluding hydrogens is 166 g/mol. The minimum atomic E-state index is 0.0674. The molecule has 1 unspecified atom stereocenters. The number of hydrogen-bond donors (Lipinski definition) is 3. The number of hydrogen-bond acceptors (Lipinski definition) is 3. The molecule has 0 spiro atoms. The summed E-state index contributed by atoms with van der Waals surface area (Å²) in [6.07, 6.45) is 1.78. The first kappa shape index (κ1) is 11.8. The highest BCUT2D eigenvalue weighted by atomic mass is 16.1. The molecule has 0 aromatic rings.